The third-order valence-corrected chi connectivity index (χ3v) is 4.03. The molecule has 0 fully saturated rings. The molecular formula is C14H12N2O3S. The minimum Gasteiger partial charge on any atom is -0.506 e. The Morgan fingerprint density at radius 2 is 1.95 bits per heavy atom. The molecule has 0 saturated heterocycles. The molecule has 0 aromatic heterocycles. The topological polar surface area (TPSA) is 90.2 Å². The summed E-state index contributed by atoms with van der Waals surface area (Å²) < 4.78 is 26.6. The number of anilines is 1. The van der Waals surface area contributed by atoms with E-state index in [4.69, 9.17) is 5.26 Å². The number of sulfonamides is 1. The monoisotopic (exact) mass is 288 g/mol. The molecule has 0 aliphatic heterocycles. The third kappa shape index (κ3) is 2.90. The van der Waals surface area contributed by atoms with E-state index in [0.29, 0.717) is 0 Å². The van der Waals surface area contributed by atoms with Crippen LogP contribution in [0.25, 0.3) is 0 Å². The molecule has 0 atom stereocenters. The molecule has 5 nitrogen and oxygen atoms in total. The predicted octanol–water partition coefficient (Wildman–Crippen LogP) is 2.37. The van der Waals surface area contributed by atoms with Gasteiger partial charge in [-0.2, -0.15) is 5.26 Å². The average molecular weight is 288 g/mol. The Bertz CT molecular complexity index is 792. The van der Waals surface area contributed by atoms with Gasteiger partial charge in [-0.05, 0) is 42.8 Å². The van der Waals surface area contributed by atoms with Gasteiger partial charge in [-0.1, -0.05) is 12.1 Å². The lowest BCUT2D eigenvalue weighted by Gasteiger charge is -2.10. The van der Waals surface area contributed by atoms with Gasteiger partial charge in [0.15, 0.2) is 0 Å². The maximum absolute atomic E-state index is 12.2. The zero-order valence-electron chi connectivity index (χ0n) is 10.7. The van der Waals surface area contributed by atoms with E-state index in [0.717, 1.165) is 5.56 Å². The molecule has 2 aromatic carbocycles. The van der Waals surface area contributed by atoms with E-state index in [2.05, 4.69) is 4.72 Å². The van der Waals surface area contributed by atoms with Crippen LogP contribution in [0.5, 0.6) is 5.75 Å². The van der Waals surface area contributed by atoms with Crippen molar-refractivity contribution in [3.8, 4) is 11.8 Å². The minimum atomic E-state index is -3.84. The van der Waals surface area contributed by atoms with Gasteiger partial charge in [0.25, 0.3) is 10.0 Å². The zero-order chi connectivity index (χ0) is 14.8. The molecule has 0 spiro atoms. The Morgan fingerprint density at radius 1 is 1.20 bits per heavy atom. The Morgan fingerprint density at radius 3 is 2.60 bits per heavy atom. The first-order valence-electron chi connectivity index (χ1n) is 5.75. The van der Waals surface area contributed by atoms with Crippen LogP contribution in [-0.4, -0.2) is 13.5 Å². The Hall–Kier alpha value is -2.52. The lowest BCUT2D eigenvalue weighted by atomic mass is 10.2. The van der Waals surface area contributed by atoms with E-state index in [1.54, 1.807) is 13.0 Å². The first-order valence-corrected chi connectivity index (χ1v) is 7.23. The Labute approximate surface area is 117 Å². The van der Waals surface area contributed by atoms with E-state index in [1.165, 1.54) is 36.4 Å². The molecule has 0 heterocycles. The summed E-state index contributed by atoms with van der Waals surface area (Å²) >= 11 is 0. The van der Waals surface area contributed by atoms with E-state index in [1.807, 2.05) is 6.07 Å². The van der Waals surface area contributed by atoms with E-state index >= 15 is 0 Å². The van der Waals surface area contributed by atoms with Gasteiger partial charge in [0, 0.05) is 0 Å². The lowest BCUT2D eigenvalue weighted by Crippen LogP contribution is -2.13. The van der Waals surface area contributed by atoms with E-state index in [9.17, 15) is 13.5 Å². The minimum absolute atomic E-state index is 0.0310. The summed E-state index contributed by atoms with van der Waals surface area (Å²) in [5.74, 6) is -0.148. The number of hydrogen-bond acceptors (Lipinski definition) is 4. The van der Waals surface area contributed by atoms with Crippen molar-refractivity contribution in [3.63, 3.8) is 0 Å². The fourth-order valence-electron chi connectivity index (χ4n) is 1.66. The van der Waals surface area contributed by atoms with Crippen LogP contribution in [0.2, 0.25) is 0 Å². The van der Waals surface area contributed by atoms with Crippen molar-refractivity contribution in [2.45, 2.75) is 11.8 Å². The fraction of sp³-hybridized carbons (Fsp3) is 0.0714. The molecule has 0 amide bonds. The second kappa shape index (κ2) is 5.23. The molecule has 102 valence electrons. The lowest BCUT2D eigenvalue weighted by molar-refractivity contribution is 0.477. The van der Waals surface area contributed by atoms with Crippen molar-refractivity contribution in [3.05, 3.63) is 53.6 Å². The number of phenolic OH excluding ortho intramolecular Hbond substituents is 1. The van der Waals surface area contributed by atoms with Crippen LogP contribution < -0.4 is 4.72 Å². The van der Waals surface area contributed by atoms with Gasteiger partial charge in [-0.3, -0.25) is 4.72 Å². The molecule has 2 aromatic rings. The van der Waals surface area contributed by atoms with Crippen molar-refractivity contribution < 1.29 is 13.5 Å². The maximum Gasteiger partial charge on any atom is 0.262 e. The highest BCUT2D eigenvalue weighted by Crippen LogP contribution is 2.26. The van der Waals surface area contributed by atoms with Gasteiger partial charge in [0.05, 0.1) is 22.2 Å². The van der Waals surface area contributed by atoms with Gasteiger partial charge in [-0.15, -0.1) is 0 Å². The summed E-state index contributed by atoms with van der Waals surface area (Å²) in [5.41, 5.74) is 1.16. The normalized spacial score (nSPS) is 10.8. The third-order valence-electron chi connectivity index (χ3n) is 2.67. The molecule has 6 heteroatoms. The summed E-state index contributed by atoms with van der Waals surface area (Å²) in [6.07, 6.45) is 0. The van der Waals surface area contributed by atoms with Crippen LogP contribution in [0.4, 0.5) is 5.69 Å². The van der Waals surface area contributed by atoms with Crippen molar-refractivity contribution in [1.82, 2.24) is 0 Å². The molecule has 0 aliphatic carbocycles. The summed E-state index contributed by atoms with van der Waals surface area (Å²) in [6.45, 7) is 1.79. The van der Waals surface area contributed by atoms with Crippen LogP contribution in [-0.2, 0) is 10.0 Å². The predicted molar refractivity (Wildman–Crippen MR) is 74.8 cm³/mol. The van der Waals surface area contributed by atoms with Gasteiger partial charge >= 0.3 is 0 Å². The number of aromatic hydroxyl groups is 1. The second-order valence-electron chi connectivity index (χ2n) is 4.27. The smallest absolute Gasteiger partial charge is 0.262 e. The number of nitrogens with one attached hydrogen (secondary N) is 1. The Balaban J connectivity index is 2.38. The number of nitriles is 1. The van der Waals surface area contributed by atoms with Gasteiger partial charge < -0.3 is 5.11 Å². The summed E-state index contributed by atoms with van der Waals surface area (Å²) in [7, 11) is -3.84. The molecule has 0 aliphatic rings. The molecule has 0 unspecified atom stereocenters. The Kier molecular flexibility index (Phi) is 3.63. The summed E-state index contributed by atoms with van der Waals surface area (Å²) in [5, 5.41) is 18.5. The zero-order valence-corrected chi connectivity index (χ0v) is 11.5. The van der Waals surface area contributed by atoms with Crippen LogP contribution in [0.3, 0.4) is 0 Å². The largest absolute Gasteiger partial charge is 0.506 e. The summed E-state index contributed by atoms with van der Waals surface area (Å²) in [4.78, 5) is -0.0310. The first-order chi connectivity index (χ1) is 9.42. The maximum atomic E-state index is 12.2. The van der Waals surface area contributed by atoms with Gasteiger partial charge in [-0.25, -0.2) is 8.42 Å². The van der Waals surface area contributed by atoms with Gasteiger partial charge in [0.1, 0.15) is 5.75 Å². The van der Waals surface area contributed by atoms with Crippen molar-refractivity contribution in [2.75, 3.05) is 4.72 Å². The van der Waals surface area contributed by atoms with Crippen molar-refractivity contribution in [1.29, 1.82) is 5.26 Å². The van der Waals surface area contributed by atoms with E-state index < -0.39 is 10.0 Å². The highest BCUT2D eigenvalue weighted by Gasteiger charge is 2.16. The first kappa shape index (κ1) is 13.9. The summed E-state index contributed by atoms with van der Waals surface area (Å²) in [6, 6.07) is 12.2. The van der Waals surface area contributed by atoms with Crippen molar-refractivity contribution in [2.24, 2.45) is 0 Å². The number of phenols is 1. The number of hydrogen-bond donors (Lipinski definition) is 2. The molecule has 0 bridgehead atoms. The fourth-order valence-corrected chi connectivity index (χ4v) is 2.78. The average Bonchev–Trinajstić information content (AvgIpc) is 2.42. The van der Waals surface area contributed by atoms with Gasteiger partial charge in [0.2, 0.25) is 0 Å². The standard InChI is InChI=1S/C14H12N2O3S/c1-10-5-6-13(14(17)7-10)16-20(18,19)12-4-2-3-11(8-12)9-15/h2-8,16-17H,1H3. The molecule has 2 rings (SSSR count). The number of nitrogens with zero attached hydrogens (tertiary/aromatic N) is 1. The van der Waals surface area contributed by atoms with Crippen molar-refractivity contribution >= 4 is 15.7 Å². The molecule has 2 N–H and O–H groups in total. The molecule has 20 heavy (non-hydrogen) atoms. The van der Waals surface area contributed by atoms with Crippen LogP contribution >= 0.6 is 0 Å². The van der Waals surface area contributed by atoms with Crippen LogP contribution in [0.1, 0.15) is 11.1 Å². The van der Waals surface area contributed by atoms with Crippen LogP contribution in [0, 0.1) is 18.3 Å². The number of benzene rings is 2. The molecular weight excluding hydrogens is 276 g/mol. The second-order valence-corrected chi connectivity index (χ2v) is 5.95. The molecule has 0 saturated carbocycles. The quantitative estimate of drug-likeness (QED) is 0.848. The SMILES string of the molecule is Cc1ccc(NS(=O)(=O)c2cccc(C#N)c2)c(O)c1. The highest BCUT2D eigenvalue weighted by molar-refractivity contribution is 7.92. The number of rotatable bonds is 3. The van der Waals surface area contributed by atoms with Crippen LogP contribution in [0.15, 0.2) is 47.4 Å². The van der Waals surface area contributed by atoms with E-state index in [-0.39, 0.29) is 21.9 Å². The molecule has 0 radical (unpaired) electrons. The highest BCUT2D eigenvalue weighted by atomic mass is 32.2. The number of aryl methyl sites for hydroxylation is 1.